The highest BCUT2D eigenvalue weighted by molar-refractivity contribution is 6.39. The number of ether oxygens (including phenoxy) is 2. The molecule has 118 valence electrons. The molecule has 0 atom stereocenters. The smallest absolute Gasteiger partial charge is 0.267 e. The summed E-state index contributed by atoms with van der Waals surface area (Å²) in [4.78, 5) is 23.5. The first-order valence-corrected chi connectivity index (χ1v) is 6.88. The molecule has 0 aliphatic carbocycles. The summed E-state index contributed by atoms with van der Waals surface area (Å²) in [6.07, 6.45) is 0.648. The van der Waals surface area contributed by atoms with Gasteiger partial charge in [0.25, 0.3) is 5.91 Å². The first-order valence-electron chi connectivity index (χ1n) is 6.88. The topological polar surface area (TPSA) is 80.2 Å². The van der Waals surface area contributed by atoms with Crippen LogP contribution in [-0.4, -0.2) is 43.8 Å². The van der Waals surface area contributed by atoms with Gasteiger partial charge in [0.1, 0.15) is 17.2 Å². The predicted molar refractivity (Wildman–Crippen MR) is 80.8 cm³/mol. The number of methoxy groups -OCH3 is 2. The molecule has 0 fully saturated rings. The van der Waals surface area contributed by atoms with E-state index in [1.807, 2.05) is 0 Å². The van der Waals surface area contributed by atoms with Crippen LogP contribution in [0.2, 0.25) is 0 Å². The lowest BCUT2D eigenvalue weighted by molar-refractivity contribution is -0.130. The Morgan fingerprint density at radius 3 is 2.73 bits per heavy atom. The number of carbonyl (C=O) groups excluding carboxylic acids is 2. The summed E-state index contributed by atoms with van der Waals surface area (Å²) in [7, 11) is 4.69. The molecule has 2 amide bonds. The number of hydrogen-bond acceptors (Lipinski definition) is 5. The van der Waals surface area contributed by atoms with Crippen molar-refractivity contribution in [2.75, 3.05) is 21.3 Å². The molecule has 0 unspecified atom stereocenters. The molecular weight excluding hydrogens is 286 g/mol. The molecule has 1 N–H and O–H groups in total. The number of hydrazone groups is 1. The maximum absolute atomic E-state index is 12.1. The highest BCUT2D eigenvalue weighted by Crippen LogP contribution is 2.23. The minimum Gasteiger partial charge on any atom is -0.497 e. The fourth-order valence-corrected chi connectivity index (χ4v) is 2.13. The van der Waals surface area contributed by atoms with Gasteiger partial charge >= 0.3 is 0 Å². The molecule has 0 saturated heterocycles. The van der Waals surface area contributed by atoms with E-state index in [1.165, 1.54) is 5.01 Å². The minimum absolute atomic E-state index is 0.0917. The van der Waals surface area contributed by atoms with Crippen molar-refractivity contribution in [3.63, 3.8) is 0 Å². The standard InChI is InChI=1S/C15H19N3O4/c1-18-14(19)7-5-12(17-18)15(20)16-9-10-8-11(21-2)4-6-13(10)22-3/h4,6,8H,5,7,9H2,1-3H3,(H,16,20). The summed E-state index contributed by atoms with van der Waals surface area (Å²) < 4.78 is 10.4. The summed E-state index contributed by atoms with van der Waals surface area (Å²) in [5.74, 6) is 0.972. The van der Waals surface area contributed by atoms with E-state index in [0.29, 0.717) is 30.1 Å². The van der Waals surface area contributed by atoms with E-state index in [9.17, 15) is 9.59 Å². The van der Waals surface area contributed by atoms with Crippen LogP contribution in [0.3, 0.4) is 0 Å². The van der Waals surface area contributed by atoms with Gasteiger partial charge in [0.2, 0.25) is 5.91 Å². The van der Waals surface area contributed by atoms with Gasteiger partial charge in [-0.3, -0.25) is 9.59 Å². The maximum Gasteiger partial charge on any atom is 0.267 e. The number of benzene rings is 1. The summed E-state index contributed by atoms with van der Waals surface area (Å²) >= 11 is 0. The maximum atomic E-state index is 12.1. The van der Waals surface area contributed by atoms with Gasteiger partial charge in [-0.2, -0.15) is 5.10 Å². The first kappa shape index (κ1) is 15.8. The average molecular weight is 305 g/mol. The van der Waals surface area contributed by atoms with Crippen molar-refractivity contribution < 1.29 is 19.1 Å². The molecular formula is C15H19N3O4. The molecule has 0 aromatic heterocycles. The second-order valence-electron chi connectivity index (χ2n) is 4.82. The second kappa shape index (κ2) is 6.93. The van der Waals surface area contributed by atoms with E-state index in [2.05, 4.69) is 10.4 Å². The quantitative estimate of drug-likeness (QED) is 0.877. The van der Waals surface area contributed by atoms with Crippen LogP contribution >= 0.6 is 0 Å². The molecule has 0 spiro atoms. The molecule has 2 rings (SSSR count). The SMILES string of the molecule is COc1ccc(OC)c(CNC(=O)C2=NN(C)C(=O)CC2)c1. The molecule has 0 saturated carbocycles. The number of rotatable bonds is 5. The zero-order valence-corrected chi connectivity index (χ0v) is 12.9. The largest absolute Gasteiger partial charge is 0.497 e. The lowest BCUT2D eigenvalue weighted by Crippen LogP contribution is -2.37. The van der Waals surface area contributed by atoms with Crippen molar-refractivity contribution in [2.45, 2.75) is 19.4 Å². The van der Waals surface area contributed by atoms with Gasteiger partial charge in [0.05, 0.1) is 14.2 Å². The van der Waals surface area contributed by atoms with Crippen LogP contribution in [0.1, 0.15) is 18.4 Å². The molecule has 1 aromatic rings. The summed E-state index contributed by atoms with van der Waals surface area (Å²) in [5.41, 5.74) is 1.15. The number of nitrogens with zero attached hydrogens (tertiary/aromatic N) is 2. The highest BCUT2D eigenvalue weighted by Gasteiger charge is 2.21. The van der Waals surface area contributed by atoms with E-state index in [1.54, 1.807) is 39.5 Å². The Morgan fingerprint density at radius 2 is 2.09 bits per heavy atom. The van der Waals surface area contributed by atoms with Crippen molar-refractivity contribution >= 4 is 17.5 Å². The summed E-state index contributed by atoms with van der Waals surface area (Å²) in [6, 6.07) is 5.37. The molecule has 1 aliphatic heterocycles. The van der Waals surface area contributed by atoms with Gasteiger partial charge < -0.3 is 14.8 Å². The van der Waals surface area contributed by atoms with E-state index in [-0.39, 0.29) is 18.4 Å². The van der Waals surface area contributed by atoms with Crippen LogP contribution in [0.5, 0.6) is 11.5 Å². The van der Waals surface area contributed by atoms with Gasteiger partial charge in [-0.05, 0) is 18.2 Å². The monoisotopic (exact) mass is 305 g/mol. The minimum atomic E-state index is -0.288. The normalized spacial score (nSPS) is 14.4. The van der Waals surface area contributed by atoms with Gasteiger partial charge in [-0.1, -0.05) is 0 Å². The van der Waals surface area contributed by atoms with Crippen molar-refractivity contribution in [1.82, 2.24) is 10.3 Å². The van der Waals surface area contributed by atoms with Crippen LogP contribution in [-0.2, 0) is 16.1 Å². The number of nitrogens with one attached hydrogen (secondary N) is 1. The van der Waals surface area contributed by atoms with Crippen LogP contribution in [0.4, 0.5) is 0 Å². The van der Waals surface area contributed by atoms with Crippen LogP contribution < -0.4 is 14.8 Å². The van der Waals surface area contributed by atoms with Gasteiger partial charge in [-0.25, -0.2) is 5.01 Å². The summed E-state index contributed by atoms with van der Waals surface area (Å²) in [6.45, 7) is 0.288. The van der Waals surface area contributed by atoms with Crippen molar-refractivity contribution in [2.24, 2.45) is 5.10 Å². The fourth-order valence-electron chi connectivity index (χ4n) is 2.13. The Bertz CT molecular complexity index is 613. The Kier molecular flexibility index (Phi) is 4.98. The van der Waals surface area contributed by atoms with Crippen LogP contribution in [0.15, 0.2) is 23.3 Å². The number of carbonyl (C=O) groups is 2. The molecule has 7 heteroatoms. The van der Waals surface area contributed by atoms with Crippen LogP contribution in [0.25, 0.3) is 0 Å². The highest BCUT2D eigenvalue weighted by atomic mass is 16.5. The lowest BCUT2D eigenvalue weighted by atomic mass is 10.1. The second-order valence-corrected chi connectivity index (χ2v) is 4.82. The fraction of sp³-hybridized carbons (Fsp3) is 0.400. The third-order valence-corrected chi connectivity index (χ3v) is 3.40. The van der Waals surface area contributed by atoms with Gasteiger partial charge in [0.15, 0.2) is 0 Å². The van der Waals surface area contributed by atoms with Gasteiger partial charge in [0, 0.05) is 32.0 Å². The number of amides is 2. The molecule has 22 heavy (non-hydrogen) atoms. The van der Waals surface area contributed by atoms with Crippen molar-refractivity contribution in [1.29, 1.82) is 0 Å². The number of hydrogen-bond donors (Lipinski definition) is 1. The van der Waals surface area contributed by atoms with Gasteiger partial charge in [-0.15, -0.1) is 0 Å². The molecule has 0 radical (unpaired) electrons. The Balaban J connectivity index is 2.05. The zero-order chi connectivity index (χ0) is 16.1. The lowest BCUT2D eigenvalue weighted by Gasteiger charge is -2.19. The third kappa shape index (κ3) is 3.55. The van der Waals surface area contributed by atoms with E-state index in [4.69, 9.17) is 9.47 Å². The zero-order valence-electron chi connectivity index (χ0n) is 12.9. The van der Waals surface area contributed by atoms with Crippen molar-refractivity contribution in [3.05, 3.63) is 23.8 Å². The molecule has 1 aromatic carbocycles. The van der Waals surface area contributed by atoms with Crippen LogP contribution in [0, 0.1) is 0 Å². The third-order valence-electron chi connectivity index (χ3n) is 3.40. The first-order chi connectivity index (χ1) is 10.5. The van der Waals surface area contributed by atoms with E-state index in [0.717, 1.165) is 5.56 Å². The average Bonchev–Trinajstić information content (AvgIpc) is 2.54. The van der Waals surface area contributed by atoms with E-state index < -0.39 is 0 Å². The Morgan fingerprint density at radius 1 is 1.32 bits per heavy atom. The molecule has 1 heterocycles. The molecule has 1 aliphatic rings. The Labute approximate surface area is 128 Å². The molecule has 7 nitrogen and oxygen atoms in total. The Hall–Kier alpha value is -2.57. The van der Waals surface area contributed by atoms with Crippen molar-refractivity contribution in [3.8, 4) is 11.5 Å². The predicted octanol–water partition coefficient (Wildman–Crippen LogP) is 0.928. The van der Waals surface area contributed by atoms with E-state index >= 15 is 0 Å². The molecule has 0 bridgehead atoms. The summed E-state index contributed by atoms with van der Waals surface area (Å²) in [5, 5.41) is 7.97.